The zero-order valence-electron chi connectivity index (χ0n) is 11.1. The van der Waals surface area contributed by atoms with Crippen LogP contribution < -0.4 is 16.2 Å². The monoisotopic (exact) mass is 353 g/mol. The number of anilines is 3. The summed E-state index contributed by atoms with van der Waals surface area (Å²) in [6.07, 6.45) is 0. The summed E-state index contributed by atoms with van der Waals surface area (Å²) in [5.74, 6) is 0. The quantitative estimate of drug-likeness (QED) is 0.618. The van der Waals surface area contributed by atoms with Crippen molar-refractivity contribution >= 4 is 48.6 Å². The molecule has 0 fully saturated rings. The van der Waals surface area contributed by atoms with Gasteiger partial charge in [-0.1, -0.05) is 6.07 Å². The molecule has 0 aliphatic carbocycles. The first-order chi connectivity index (χ1) is 10.4. The van der Waals surface area contributed by atoms with Gasteiger partial charge in [-0.15, -0.1) is 22.7 Å². The number of benzene rings is 1. The Balaban J connectivity index is 1.86. The van der Waals surface area contributed by atoms with Crippen molar-refractivity contribution in [1.82, 2.24) is 9.97 Å². The van der Waals surface area contributed by atoms with Crippen LogP contribution in [0.1, 0.15) is 0 Å². The highest BCUT2D eigenvalue weighted by Crippen LogP contribution is 2.28. The van der Waals surface area contributed by atoms with Crippen LogP contribution in [-0.4, -0.2) is 18.4 Å². The Labute approximate surface area is 134 Å². The third kappa shape index (κ3) is 3.03. The van der Waals surface area contributed by atoms with Crippen molar-refractivity contribution < 1.29 is 8.42 Å². The van der Waals surface area contributed by atoms with E-state index in [1.807, 2.05) is 0 Å². The van der Waals surface area contributed by atoms with Gasteiger partial charge in [0.05, 0.1) is 4.90 Å². The summed E-state index contributed by atoms with van der Waals surface area (Å²) >= 11 is 2.47. The molecule has 3 rings (SSSR count). The van der Waals surface area contributed by atoms with Gasteiger partial charge < -0.3 is 11.5 Å². The second-order valence-electron chi connectivity index (χ2n) is 4.29. The molecule has 1 aromatic carbocycles. The summed E-state index contributed by atoms with van der Waals surface area (Å²) in [5.41, 5.74) is 12.7. The molecule has 0 amide bonds. The van der Waals surface area contributed by atoms with Gasteiger partial charge in [0.1, 0.15) is 11.4 Å². The molecule has 0 bridgehead atoms. The Kier molecular flexibility index (Phi) is 3.72. The van der Waals surface area contributed by atoms with Crippen molar-refractivity contribution in [2.75, 3.05) is 16.2 Å². The van der Waals surface area contributed by atoms with Crippen molar-refractivity contribution in [1.29, 1.82) is 0 Å². The fraction of sp³-hybridized carbons (Fsp3) is 0. The lowest BCUT2D eigenvalue weighted by Gasteiger charge is -2.05. The number of hydrogen-bond acceptors (Lipinski definition) is 8. The summed E-state index contributed by atoms with van der Waals surface area (Å²) in [6.45, 7) is 0. The van der Waals surface area contributed by atoms with Crippen LogP contribution in [0.3, 0.4) is 0 Å². The van der Waals surface area contributed by atoms with Crippen molar-refractivity contribution in [3.63, 3.8) is 0 Å². The van der Waals surface area contributed by atoms with E-state index in [4.69, 9.17) is 11.5 Å². The Morgan fingerprint density at radius 3 is 2.45 bits per heavy atom. The molecule has 0 radical (unpaired) electrons. The minimum Gasteiger partial charge on any atom is -0.399 e. The minimum absolute atomic E-state index is 0.0853. The predicted octanol–water partition coefficient (Wildman–Crippen LogP) is 2.23. The van der Waals surface area contributed by atoms with E-state index >= 15 is 0 Å². The summed E-state index contributed by atoms with van der Waals surface area (Å²) in [5, 5.41) is 4.17. The Hall–Kier alpha value is -2.17. The van der Waals surface area contributed by atoms with Crippen LogP contribution in [0.2, 0.25) is 0 Å². The number of nitrogen functional groups attached to an aromatic ring is 2. The first kappa shape index (κ1) is 14.8. The first-order valence-electron chi connectivity index (χ1n) is 5.99. The maximum atomic E-state index is 12.3. The van der Waals surface area contributed by atoms with Gasteiger partial charge in [0.2, 0.25) is 0 Å². The van der Waals surface area contributed by atoms with Crippen molar-refractivity contribution in [3.8, 4) is 11.4 Å². The summed E-state index contributed by atoms with van der Waals surface area (Å²) in [7, 11) is -3.72. The molecular formula is C12H11N5O2S3. The number of sulfonamides is 1. The van der Waals surface area contributed by atoms with E-state index in [-0.39, 0.29) is 10.0 Å². The molecular weight excluding hydrogens is 342 g/mol. The number of hydrogen-bond donors (Lipinski definition) is 3. The predicted molar refractivity (Wildman–Crippen MR) is 89.3 cm³/mol. The van der Waals surface area contributed by atoms with Crippen molar-refractivity contribution in [3.05, 3.63) is 35.0 Å². The molecule has 3 aromatic rings. The molecule has 0 aliphatic heterocycles. The summed E-state index contributed by atoms with van der Waals surface area (Å²) < 4.78 is 27.0. The summed E-state index contributed by atoms with van der Waals surface area (Å²) in [6, 6.07) is 6.05. The molecule has 2 heterocycles. The molecule has 5 N–H and O–H groups in total. The summed E-state index contributed by atoms with van der Waals surface area (Å²) in [4.78, 5) is 8.41. The van der Waals surface area contributed by atoms with Crippen molar-refractivity contribution in [2.24, 2.45) is 0 Å². The lowest BCUT2D eigenvalue weighted by molar-refractivity contribution is 0.601. The van der Waals surface area contributed by atoms with Gasteiger partial charge in [0.15, 0.2) is 10.3 Å². The minimum atomic E-state index is -3.72. The average Bonchev–Trinajstić information content (AvgIpc) is 3.07. The Morgan fingerprint density at radius 2 is 1.77 bits per heavy atom. The molecule has 10 heteroatoms. The zero-order chi connectivity index (χ0) is 15.7. The highest BCUT2D eigenvalue weighted by Gasteiger charge is 2.17. The molecule has 0 saturated heterocycles. The second kappa shape index (κ2) is 5.55. The van der Waals surface area contributed by atoms with E-state index in [0.717, 1.165) is 0 Å². The second-order valence-corrected chi connectivity index (χ2v) is 7.72. The molecule has 0 unspecified atom stereocenters. The smallest absolute Gasteiger partial charge is 0.263 e. The SMILES string of the molecule is Nc1cccc(S(=O)(=O)Nc2nc(-c3csc(N)n3)cs2)c1. The zero-order valence-corrected chi connectivity index (χ0v) is 13.5. The van der Waals surface area contributed by atoms with E-state index in [1.165, 1.54) is 34.8 Å². The van der Waals surface area contributed by atoms with Crippen LogP contribution >= 0.6 is 22.7 Å². The highest BCUT2D eigenvalue weighted by molar-refractivity contribution is 7.93. The van der Waals surface area contributed by atoms with E-state index in [9.17, 15) is 8.42 Å². The van der Waals surface area contributed by atoms with Gasteiger partial charge in [-0.05, 0) is 18.2 Å². The standard InChI is InChI=1S/C12H11N5O2S3/c13-7-2-1-3-8(4-7)22(18,19)17-12-16-10(6-21-12)9-5-20-11(14)15-9/h1-6H,13H2,(H2,14,15)(H,16,17). The van der Waals surface area contributed by atoms with E-state index < -0.39 is 10.0 Å². The lowest BCUT2D eigenvalue weighted by atomic mass is 10.3. The van der Waals surface area contributed by atoms with Crippen LogP contribution in [0.25, 0.3) is 11.4 Å². The maximum Gasteiger partial charge on any atom is 0.263 e. The topological polar surface area (TPSA) is 124 Å². The molecule has 0 spiro atoms. The van der Waals surface area contributed by atoms with Gasteiger partial charge in [0.25, 0.3) is 10.0 Å². The highest BCUT2D eigenvalue weighted by atomic mass is 32.2. The van der Waals surface area contributed by atoms with E-state index in [1.54, 1.807) is 22.9 Å². The van der Waals surface area contributed by atoms with E-state index in [0.29, 0.717) is 22.2 Å². The van der Waals surface area contributed by atoms with Gasteiger partial charge in [-0.2, -0.15) is 0 Å². The van der Waals surface area contributed by atoms with Gasteiger partial charge in [0, 0.05) is 16.4 Å². The van der Waals surface area contributed by atoms with Crippen LogP contribution in [0.15, 0.2) is 39.9 Å². The number of rotatable bonds is 4. The van der Waals surface area contributed by atoms with Crippen molar-refractivity contribution in [2.45, 2.75) is 4.90 Å². The van der Waals surface area contributed by atoms with Crippen LogP contribution in [0.4, 0.5) is 16.0 Å². The number of aromatic nitrogens is 2. The number of nitrogens with one attached hydrogen (secondary N) is 1. The molecule has 114 valence electrons. The van der Waals surface area contributed by atoms with Gasteiger partial charge >= 0.3 is 0 Å². The van der Waals surface area contributed by atoms with Crippen LogP contribution in [-0.2, 0) is 10.0 Å². The number of thiazole rings is 2. The fourth-order valence-corrected chi connectivity index (χ4v) is 4.27. The Morgan fingerprint density at radius 1 is 1.05 bits per heavy atom. The average molecular weight is 353 g/mol. The molecule has 2 aromatic heterocycles. The van der Waals surface area contributed by atoms with Crippen LogP contribution in [0, 0.1) is 0 Å². The molecule has 0 atom stereocenters. The molecule has 22 heavy (non-hydrogen) atoms. The lowest BCUT2D eigenvalue weighted by Crippen LogP contribution is -2.13. The van der Waals surface area contributed by atoms with Gasteiger partial charge in [-0.25, -0.2) is 18.4 Å². The largest absolute Gasteiger partial charge is 0.399 e. The third-order valence-electron chi connectivity index (χ3n) is 2.68. The van der Waals surface area contributed by atoms with Crippen LogP contribution in [0.5, 0.6) is 0 Å². The maximum absolute atomic E-state index is 12.3. The number of nitrogens with zero attached hydrogens (tertiary/aromatic N) is 2. The third-order valence-corrected chi connectivity index (χ3v) is 5.58. The first-order valence-corrected chi connectivity index (χ1v) is 9.23. The van der Waals surface area contributed by atoms with E-state index in [2.05, 4.69) is 14.7 Å². The molecule has 0 saturated carbocycles. The number of nitrogens with two attached hydrogens (primary N) is 2. The fourth-order valence-electron chi connectivity index (χ4n) is 1.70. The van der Waals surface area contributed by atoms with Gasteiger partial charge in [-0.3, -0.25) is 4.72 Å². The normalized spacial score (nSPS) is 11.5. The molecule has 7 nitrogen and oxygen atoms in total. The molecule has 0 aliphatic rings. The Bertz CT molecular complexity index is 916.